The van der Waals surface area contributed by atoms with Crippen LogP contribution in [0.25, 0.3) is 0 Å². The summed E-state index contributed by atoms with van der Waals surface area (Å²) >= 11 is 1.05. The van der Waals surface area contributed by atoms with Gasteiger partial charge in [-0.15, -0.1) is 0 Å². The van der Waals surface area contributed by atoms with Crippen LogP contribution in [0.2, 0.25) is 0 Å². The van der Waals surface area contributed by atoms with Crippen molar-refractivity contribution in [2.75, 3.05) is 18.2 Å². The van der Waals surface area contributed by atoms with E-state index in [4.69, 9.17) is 4.74 Å². The first-order valence-electron chi connectivity index (χ1n) is 9.93. The molecule has 164 valence electrons. The van der Waals surface area contributed by atoms with Gasteiger partial charge in [0, 0.05) is 11.6 Å². The van der Waals surface area contributed by atoms with Crippen molar-refractivity contribution in [2.45, 2.75) is 19.8 Å². The summed E-state index contributed by atoms with van der Waals surface area (Å²) < 4.78 is 4.82. The maximum absolute atomic E-state index is 12.8. The third kappa shape index (κ3) is 5.01. The van der Waals surface area contributed by atoms with Gasteiger partial charge in [0.1, 0.15) is 5.92 Å². The minimum Gasteiger partial charge on any atom is -0.468 e. The molecule has 0 aromatic heterocycles. The van der Waals surface area contributed by atoms with Gasteiger partial charge in [0.25, 0.3) is 0 Å². The number of benzene rings is 2. The van der Waals surface area contributed by atoms with Crippen molar-refractivity contribution in [1.82, 2.24) is 5.32 Å². The highest BCUT2D eigenvalue weighted by Gasteiger charge is 2.44. The minimum absolute atomic E-state index is 0.0154. The van der Waals surface area contributed by atoms with Crippen LogP contribution in [0.3, 0.4) is 0 Å². The third-order valence-corrected chi connectivity index (χ3v) is 6.16. The number of esters is 1. The molecule has 2 N–H and O–H groups in total. The maximum atomic E-state index is 12.8. The summed E-state index contributed by atoms with van der Waals surface area (Å²) in [5.74, 6) is -3.56. The van der Waals surface area contributed by atoms with Crippen molar-refractivity contribution in [3.05, 3.63) is 75.8 Å². The average molecular weight is 450 g/mol. The smallest absolute Gasteiger partial charge is 0.319 e. The number of carbonyl (C=O) groups is 3. The molecule has 0 saturated carbocycles. The molecule has 32 heavy (non-hydrogen) atoms. The number of nitrogens with zero attached hydrogens (tertiary/aromatic N) is 1. The Morgan fingerprint density at radius 2 is 1.91 bits per heavy atom. The van der Waals surface area contributed by atoms with Gasteiger partial charge >= 0.3 is 5.97 Å². The standard InChI is InChI=1S/C24H23N3O4S/c1-14-9-10-18(15(2)11-14)26-19(28)13-32-23-17(12-25)20(16-7-5-4-6-8-16)21(22(29)27-23)24(30)31-3/h4-11,20-21H,13H2,1-3H3,(H,26,28)(H,27,29)/t20-,21-/m0/s1. The quantitative estimate of drug-likeness (QED) is 0.517. The summed E-state index contributed by atoms with van der Waals surface area (Å²) in [7, 11) is 1.20. The molecule has 0 unspecified atom stereocenters. The molecule has 3 rings (SSSR count). The van der Waals surface area contributed by atoms with Crippen LogP contribution in [0.4, 0.5) is 5.69 Å². The first-order valence-corrected chi connectivity index (χ1v) is 10.9. The summed E-state index contributed by atoms with van der Waals surface area (Å²) in [4.78, 5) is 37.7. The molecule has 2 atom stereocenters. The van der Waals surface area contributed by atoms with Crippen LogP contribution in [0.1, 0.15) is 22.6 Å². The van der Waals surface area contributed by atoms with E-state index in [1.807, 2.05) is 38.1 Å². The maximum Gasteiger partial charge on any atom is 0.319 e. The molecule has 0 radical (unpaired) electrons. The molecule has 7 nitrogen and oxygen atoms in total. The topological polar surface area (TPSA) is 108 Å². The normalized spacial score (nSPS) is 17.9. The number of carbonyl (C=O) groups excluding carboxylic acids is 3. The van der Waals surface area contributed by atoms with Crippen LogP contribution in [-0.4, -0.2) is 30.6 Å². The molecule has 8 heteroatoms. The highest BCUT2D eigenvalue weighted by molar-refractivity contribution is 8.03. The van der Waals surface area contributed by atoms with Gasteiger partial charge in [0.2, 0.25) is 11.8 Å². The van der Waals surface area contributed by atoms with Gasteiger partial charge in [-0.25, -0.2) is 0 Å². The van der Waals surface area contributed by atoms with Crippen LogP contribution in [0.15, 0.2) is 59.1 Å². The van der Waals surface area contributed by atoms with Crippen molar-refractivity contribution < 1.29 is 19.1 Å². The van der Waals surface area contributed by atoms with Gasteiger partial charge in [-0.05, 0) is 31.0 Å². The second-order valence-corrected chi connectivity index (χ2v) is 8.37. The third-order valence-electron chi connectivity index (χ3n) is 5.15. The Labute approximate surface area is 190 Å². The molecule has 2 aromatic rings. The second-order valence-electron chi connectivity index (χ2n) is 7.39. The van der Waals surface area contributed by atoms with E-state index in [-0.39, 0.29) is 22.3 Å². The number of allylic oxidation sites excluding steroid dienone is 1. The highest BCUT2D eigenvalue weighted by atomic mass is 32.2. The zero-order chi connectivity index (χ0) is 23.3. The molecular weight excluding hydrogens is 426 g/mol. The van der Waals surface area contributed by atoms with E-state index in [1.165, 1.54) is 7.11 Å². The number of aryl methyl sites for hydroxylation is 2. The number of thioether (sulfide) groups is 1. The molecule has 0 fully saturated rings. The Morgan fingerprint density at radius 1 is 1.19 bits per heavy atom. The molecule has 2 amide bonds. The summed E-state index contributed by atoms with van der Waals surface area (Å²) in [5.41, 5.74) is 3.60. The predicted octanol–water partition coefficient (Wildman–Crippen LogP) is 3.41. The molecule has 0 aliphatic carbocycles. The highest BCUT2D eigenvalue weighted by Crippen LogP contribution is 2.40. The van der Waals surface area contributed by atoms with Crippen molar-refractivity contribution in [2.24, 2.45) is 5.92 Å². The van der Waals surface area contributed by atoms with Crippen LogP contribution in [0.5, 0.6) is 0 Å². The zero-order valence-corrected chi connectivity index (χ0v) is 18.8. The lowest BCUT2D eigenvalue weighted by Gasteiger charge is -2.30. The SMILES string of the molecule is COC(=O)[C@@H]1C(=O)NC(SCC(=O)Nc2ccc(C)cc2C)=C(C#N)[C@@H]1c1ccccc1. The van der Waals surface area contributed by atoms with Gasteiger partial charge in [0.05, 0.1) is 29.5 Å². The molecule has 1 aliphatic heterocycles. The van der Waals surface area contributed by atoms with E-state index in [0.29, 0.717) is 11.3 Å². The number of rotatable bonds is 6. The molecular formula is C24H23N3O4S. The van der Waals surface area contributed by atoms with Gasteiger partial charge in [0.15, 0.2) is 0 Å². The van der Waals surface area contributed by atoms with E-state index in [2.05, 4.69) is 16.7 Å². The van der Waals surface area contributed by atoms with Crippen molar-refractivity contribution >= 4 is 35.2 Å². The lowest BCUT2D eigenvalue weighted by atomic mass is 9.78. The fraction of sp³-hybridized carbons (Fsp3) is 0.250. The van der Waals surface area contributed by atoms with E-state index < -0.39 is 23.7 Å². The Balaban J connectivity index is 1.86. The number of hydrogen-bond donors (Lipinski definition) is 2. The van der Waals surface area contributed by atoms with E-state index in [1.54, 1.807) is 24.3 Å². The number of methoxy groups -OCH3 is 1. The van der Waals surface area contributed by atoms with Gasteiger partial charge in [-0.1, -0.05) is 59.8 Å². The number of anilines is 1. The molecule has 1 heterocycles. The molecule has 0 spiro atoms. The number of hydrogen-bond acceptors (Lipinski definition) is 6. The lowest BCUT2D eigenvalue weighted by Crippen LogP contribution is -2.44. The summed E-state index contributed by atoms with van der Waals surface area (Å²) in [6.07, 6.45) is 0. The Bertz CT molecular complexity index is 1120. The van der Waals surface area contributed by atoms with Crippen LogP contribution in [0, 0.1) is 31.1 Å². The molecule has 0 saturated heterocycles. The lowest BCUT2D eigenvalue weighted by molar-refractivity contribution is -0.150. The molecule has 2 aromatic carbocycles. The Morgan fingerprint density at radius 3 is 2.53 bits per heavy atom. The predicted molar refractivity (Wildman–Crippen MR) is 122 cm³/mol. The Kier molecular flexibility index (Phi) is 7.33. The van der Waals surface area contributed by atoms with Gasteiger partial charge in [-0.3, -0.25) is 14.4 Å². The first-order chi connectivity index (χ1) is 15.3. The fourth-order valence-electron chi connectivity index (χ4n) is 3.62. The van der Waals surface area contributed by atoms with Gasteiger partial charge in [-0.2, -0.15) is 5.26 Å². The van der Waals surface area contributed by atoms with E-state index in [0.717, 1.165) is 22.9 Å². The van der Waals surface area contributed by atoms with E-state index in [9.17, 15) is 19.6 Å². The van der Waals surface area contributed by atoms with Crippen LogP contribution >= 0.6 is 11.8 Å². The number of ether oxygens (including phenoxy) is 1. The van der Waals surface area contributed by atoms with Crippen molar-refractivity contribution in [1.29, 1.82) is 5.26 Å². The number of nitriles is 1. The van der Waals surface area contributed by atoms with Gasteiger partial charge < -0.3 is 15.4 Å². The minimum atomic E-state index is -1.19. The van der Waals surface area contributed by atoms with Crippen molar-refractivity contribution in [3.63, 3.8) is 0 Å². The summed E-state index contributed by atoms with van der Waals surface area (Å²) in [5, 5.41) is 15.6. The van der Waals surface area contributed by atoms with Crippen molar-refractivity contribution in [3.8, 4) is 6.07 Å². The van der Waals surface area contributed by atoms with Crippen LogP contribution < -0.4 is 10.6 Å². The fourth-order valence-corrected chi connectivity index (χ4v) is 4.47. The largest absolute Gasteiger partial charge is 0.468 e. The van der Waals surface area contributed by atoms with Crippen LogP contribution in [-0.2, 0) is 19.1 Å². The molecule has 0 bridgehead atoms. The monoisotopic (exact) mass is 449 g/mol. The summed E-state index contributed by atoms with van der Waals surface area (Å²) in [6.45, 7) is 3.88. The average Bonchev–Trinajstić information content (AvgIpc) is 2.79. The zero-order valence-electron chi connectivity index (χ0n) is 18.0. The molecule has 1 aliphatic rings. The Hall–Kier alpha value is -3.57. The van der Waals surface area contributed by atoms with E-state index >= 15 is 0 Å². The number of nitrogens with one attached hydrogen (secondary N) is 2. The number of amides is 2. The first kappa shape index (κ1) is 23.1. The summed E-state index contributed by atoms with van der Waals surface area (Å²) in [6, 6.07) is 16.7. The second kappa shape index (κ2) is 10.2.